The monoisotopic (exact) mass is 207 g/mol. The van der Waals surface area contributed by atoms with Gasteiger partial charge in [0.25, 0.3) is 0 Å². The van der Waals surface area contributed by atoms with Crippen molar-refractivity contribution >= 4 is 23.9 Å². The number of allylic oxidation sites excluding steroid dienone is 1. The summed E-state index contributed by atoms with van der Waals surface area (Å²) < 4.78 is 0. The number of aromatic nitrogens is 1. The molecule has 78 valence electrons. The molecule has 1 rings (SSSR count). The van der Waals surface area contributed by atoms with Crippen molar-refractivity contribution in [1.82, 2.24) is 4.98 Å². The minimum atomic E-state index is -0.598. The second kappa shape index (κ2) is 4.85. The summed E-state index contributed by atoms with van der Waals surface area (Å²) in [6, 6.07) is 1.31. The lowest BCUT2D eigenvalue weighted by Gasteiger charge is -1.97. The van der Waals surface area contributed by atoms with Crippen molar-refractivity contribution in [2.45, 2.75) is 6.42 Å². The number of hydrogen-bond donors (Lipinski definition) is 1. The van der Waals surface area contributed by atoms with Gasteiger partial charge < -0.3 is 10.5 Å². The number of carbonyl (C=O) groups is 1. The highest BCUT2D eigenvalue weighted by Gasteiger charge is 2.11. The standard InChI is InChI=1S/C9H9N3O3/c10-9-8(12(14)15)5-7(6-11-9)3-1-2-4-13/h1,3-6H,2H2,(H2,10,11). The van der Waals surface area contributed by atoms with Gasteiger partial charge in [0.2, 0.25) is 5.82 Å². The molecule has 15 heavy (non-hydrogen) atoms. The zero-order chi connectivity index (χ0) is 11.3. The zero-order valence-electron chi connectivity index (χ0n) is 7.79. The Bertz CT molecular complexity index is 415. The SMILES string of the molecule is Nc1ncc(C=CCC=O)cc1[N+](=O)[O-]. The molecule has 1 aromatic heterocycles. The normalized spacial score (nSPS) is 10.4. The fourth-order valence-electron chi connectivity index (χ4n) is 0.976. The van der Waals surface area contributed by atoms with Crippen LogP contribution in [0.4, 0.5) is 11.5 Å². The highest BCUT2D eigenvalue weighted by Crippen LogP contribution is 2.20. The van der Waals surface area contributed by atoms with E-state index < -0.39 is 4.92 Å². The maximum absolute atomic E-state index is 10.5. The molecule has 0 aliphatic carbocycles. The number of nitrogen functional groups attached to an aromatic ring is 1. The molecule has 0 fully saturated rings. The van der Waals surface area contributed by atoms with Crippen molar-refractivity contribution in [2.75, 3.05) is 5.73 Å². The Morgan fingerprint density at radius 1 is 1.60 bits per heavy atom. The van der Waals surface area contributed by atoms with Crippen molar-refractivity contribution in [1.29, 1.82) is 0 Å². The quantitative estimate of drug-likeness (QED) is 0.454. The number of nitrogens with zero attached hydrogens (tertiary/aromatic N) is 2. The van der Waals surface area contributed by atoms with Crippen molar-refractivity contribution < 1.29 is 9.72 Å². The number of nitro groups is 1. The molecule has 0 atom stereocenters. The Kier molecular flexibility index (Phi) is 3.50. The van der Waals surface area contributed by atoms with Gasteiger partial charge in [-0.2, -0.15) is 0 Å². The largest absolute Gasteiger partial charge is 0.378 e. The number of nitrogens with two attached hydrogens (primary N) is 1. The van der Waals surface area contributed by atoms with Crippen LogP contribution < -0.4 is 5.73 Å². The minimum Gasteiger partial charge on any atom is -0.378 e. The lowest BCUT2D eigenvalue weighted by molar-refractivity contribution is -0.384. The molecule has 0 aliphatic rings. The van der Waals surface area contributed by atoms with Crippen molar-refractivity contribution in [3.8, 4) is 0 Å². The third kappa shape index (κ3) is 2.87. The van der Waals surface area contributed by atoms with Gasteiger partial charge in [0.1, 0.15) is 6.29 Å². The molecule has 1 heterocycles. The summed E-state index contributed by atoms with van der Waals surface area (Å²) in [5, 5.41) is 10.5. The van der Waals surface area contributed by atoms with Crippen LogP contribution >= 0.6 is 0 Å². The second-order valence-electron chi connectivity index (χ2n) is 2.73. The van der Waals surface area contributed by atoms with Crippen LogP contribution in [0.15, 0.2) is 18.3 Å². The third-order valence-corrected chi connectivity index (χ3v) is 1.66. The second-order valence-corrected chi connectivity index (χ2v) is 2.73. The molecule has 0 radical (unpaired) electrons. The van der Waals surface area contributed by atoms with Crippen LogP contribution in [0.3, 0.4) is 0 Å². The fraction of sp³-hybridized carbons (Fsp3) is 0.111. The van der Waals surface area contributed by atoms with Gasteiger partial charge in [0.05, 0.1) is 4.92 Å². The van der Waals surface area contributed by atoms with E-state index in [2.05, 4.69) is 4.98 Å². The molecule has 0 aromatic carbocycles. The Morgan fingerprint density at radius 2 is 2.33 bits per heavy atom. The van der Waals surface area contributed by atoms with Crippen molar-refractivity contribution in [2.24, 2.45) is 0 Å². The summed E-state index contributed by atoms with van der Waals surface area (Å²) in [6.45, 7) is 0. The van der Waals surface area contributed by atoms with E-state index >= 15 is 0 Å². The van der Waals surface area contributed by atoms with E-state index in [0.29, 0.717) is 5.56 Å². The molecule has 0 spiro atoms. The Hall–Kier alpha value is -2.24. The van der Waals surface area contributed by atoms with Gasteiger partial charge in [-0.3, -0.25) is 10.1 Å². The minimum absolute atomic E-state index is 0.118. The van der Waals surface area contributed by atoms with Gasteiger partial charge in [-0.1, -0.05) is 12.2 Å². The molecule has 0 bridgehead atoms. The molecule has 6 heteroatoms. The molecule has 0 saturated heterocycles. The molecule has 2 N–H and O–H groups in total. The summed E-state index contributed by atoms with van der Waals surface area (Å²) in [6.07, 6.45) is 5.56. The first kappa shape index (κ1) is 10.8. The van der Waals surface area contributed by atoms with E-state index in [0.717, 1.165) is 6.29 Å². The van der Waals surface area contributed by atoms with Crippen molar-refractivity contribution in [3.63, 3.8) is 0 Å². The van der Waals surface area contributed by atoms with E-state index in [9.17, 15) is 14.9 Å². The smallest absolute Gasteiger partial charge is 0.311 e. The van der Waals surface area contributed by atoms with Gasteiger partial charge in [-0.25, -0.2) is 4.98 Å². The number of hydrogen-bond acceptors (Lipinski definition) is 5. The number of carbonyl (C=O) groups excluding carboxylic acids is 1. The zero-order valence-corrected chi connectivity index (χ0v) is 7.79. The summed E-state index contributed by atoms with van der Waals surface area (Å²) in [7, 11) is 0. The van der Waals surface area contributed by atoms with Crippen LogP contribution in [-0.4, -0.2) is 16.2 Å². The van der Waals surface area contributed by atoms with Crippen LogP contribution in [0.25, 0.3) is 6.08 Å². The van der Waals surface area contributed by atoms with E-state index in [4.69, 9.17) is 5.73 Å². The molecule has 6 nitrogen and oxygen atoms in total. The molecular weight excluding hydrogens is 198 g/mol. The topological polar surface area (TPSA) is 99.1 Å². The first-order valence-corrected chi connectivity index (χ1v) is 4.15. The van der Waals surface area contributed by atoms with Crippen LogP contribution in [0.1, 0.15) is 12.0 Å². The summed E-state index contributed by atoms with van der Waals surface area (Å²) in [5.41, 5.74) is 5.62. The predicted molar refractivity (Wildman–Crippen MR) is 55.0 cm³/mol. The summed E-state index contributed by atoms with van der Waals surface area (Å²) in [4.78, 5) is 23.6. The number of aldehydes is 1. The van der Waals surface area contributed by atoms with Crippen LogP contribution in [0.5, 0.6) is 0 Å². The fourth-order valence-corrected chi connectivity index (χ4v) is 0.976. The van der Waals surface area contributed by atoms with Crippen molar-refractivity contribution in [3.05, 3.63) is 34.0 Å². The van der Waals surface area contributed by atoms with E-state index in [1.807, 2.05) is 0 Å². The average molecular weight is 207 g/mol. The van der Waals surface area contributed by atoms with E-state index in [1.165, 1.54) is 12.3 Å². The Morgan fingerprint density at radius 3 is 2.93 bits per heavy atom. The first-order chi connectivity index (χ1) is 7.15. The van der Waals surface area contributed by atoms with Gasteiger partial charge in [-0.15, -0.1) is 0 Å². The Balaban J connectivity index is 2.97. The number of rotatable bonds is 4. The van der Waals surface area contributed by atoms with Crippen LogP contribution in [0.2, 0.25) is 0 Å². The molecule has 1 aromatic rings. The molecule has 0 aliphatic heterocycles. The molecule has 0 saturated carbocycles. The van der Waals surface area contributed by atoms with Gasteiger partial charge >= 0.3 is 5.69 Å². The highest BCUT2D eigenvalue weighted by molar-refractivity contribution is 5.62. The van der Waals surface area contributed by atoms with Crippen LogP contribution in [-0.2, 0) is 4.79 Å². The summed E-state index contributed by atoms with van der Waals surface area (Å²) >= 11 is 0. The van der Waals surface area contributed by atoms with Gasteiger partial charge in [0.15, 0.2) is 0 Å². The summed E-state index contributed by atoms with van der Waals surface area (Å²) in [5.74, 6) is -0.118. The molecule has 0 amide bonds. The maximum Gasteiger partial charge on any atom is 0.311 e. The van der Waals surface area contributed by atoms with Gasteiger partial charge in [0, 0.05) is 18.7 Å². The average Bonchev–Trinajstić information content (AvgIpc) is 2.20. The van der Waals surface area contributed by atoms with Crippen LogP contribution in [0, 0.1) is 10.1 Å². The maximum atomic E-state index is 10.5. The lowest BCUT2D eigenvalue weighted by Crippen LogP contribution is -1.98. The predicted octanol–water partition coefficient (Wildman–Crippen LogP) is 1.17. The van der Waals surface area contributed by atoms with Gasteiger partial charge in [-0.05, 0) is 5.56 Å². The van der Waals surface area contributed by atoms with E-state index in [1.54, 1.807) is 12.2 Å². The third-order valence-electron chi connectivity index (χ3n) is 1.66. The lowest BCUT2D eigenvalue weighted by atomic mass is 10.2. The highest BCUT2D eigenvalue weighted by atomic mass is 16.6. The van der Waals surface area contributed by atoms with E-state index in [-0.39, 0.29) is 17.9 Å². The molecular formula is C9H9N3O3. The Labute approximate surface area is 85.6 Å². The number of pyridine rings is 1. The molecule has 0 unspecified atom stereocenters. The number of anilines is 1. The first-order valence-electron chi connectivity index (χ1n) is 4.15.